The number of fused-ring (bicyclic) bond motifs is 4. The summed E-state index contributed by atoms with van der Waals surface area (Å²) in [6.07, 6.45) is 0.705. The molecular weight excluding hydrogens is 476 g/mol. The van der Waals surface area contributed by atoms with Gasteiger partial charge in [0.05, 0.1) is 19.6 Å². The summed E-state index contributed by atoms with van der Waals surface area (Å²) in [4.78, 5) is 31.3. The Morgan fingerprint density at radius 2 is 2.05 bits per heavy atom. The van der Waals surface area contributed by atoms with Gasteiger partial charge in [0, 0.05) is 35.6 Å². The van der Waals surface area contributed by atoms with Gasteiger partial charge in [0.2, 0.25) is 29.6 Å². The molecule has 1 unspecified atom stereocenters. The van der Waals surface area contributed by atoms with E-state index in [2.05, 4.69) is 11.1 Å². The number of aryl methyl sites for hydroxylation is 1. The summed E-state index contributed by atoms with van der Waals surface area (Å²) >= 11 is 0. The summed E-state index contributed by atoms with van der Waals surface area (Å²) in [5, 5.41) is 11.9. The van der Waals surface area contributed by atoms with Crippen LogP contribution >= 0.6 is 0 Å². The average Bonchev–Trinajstić information content (AvgIpc) is 3.52. The van der Waals surface area contributed by atoms with E-state index in [0.29, 0.717) is 41.7 Å². The van der Waals surface area contributed by atoms with Crippen LogP contribution in [-0.2, 0) is 17.8 Å². The molecule has 1 atom stereocenters. The number of methoxy groups -OCH3 is 1. The number of hydrogen-bond acceptors (Lipinski definition) is 7. The Kier molecular flexibility index (Phi) is 5.55. The van der Waals surface area contributed by atoms with Crippen molar-refractivity contribution in [2.75, 3.05) is 20.4 Å². The largest absolute Gasteiger partial charge is 0.502 e. The van der Waals surface area contributed by atoms with Gasteiger partial charge in [-0.15, -0.1) is 0 Å². The Hall–Kier alpha value is -4.40. The molecular formula is C28H26N2O7. The highest BCUT2D eigenvalue weighted by Gasteiger charge is 2.32. The molecule has 0 saturated heterocycles. The number of nitrogens with one attached hydrogen (secondary N) is 1. The average molecular weight is 503 g/mol. The van der Waals surface area contributed by atoms with Crippen molar-refractivity contribution in [1.82, 2.24) is 9.88 Å². The van der Waals surface area contributed by atoms with Crippen molar-refractivity contribution < 1.29 is 28.5 Å². The van der Waals surface area contributed by atoms with Crippen LogP contribution in [0, 0.1) is 6.92 Å². The number of hydrogen-bond donors (Lipinski definition) is 2. The lowest BCUT2D eigenvalue weighted by atomic mass is 9.90. The maximum atomic E-state index is 13.7. The third-order valence-electron chi connectivity index (χ3n) is 7.09. The molecule has 9 nitrogen and oxygen atoms in total. The lowest BCUT2D eigenvalue weighted by molar-refractivity contribution is -0.132. The lowest BCUT2D eigenvalue weighted by Crippen LogP contribution is -2.36. The summed E-state index contributed by atoms with van der Waals surface area (Å²) in [7, 11) is 1.51. The van der Waals surface area contributed by atoms with E-state index < -0.39 is 17.1 Å². The third-order valence-corrected chi connectivity index (χ3v) is 7.09. The van der Waals surface area contributed by atoms with E-state index in [4.69, 9.17) is 18.6 Å². The highest BCUT2D eigenvalue weighted by Crippen LogP contribution is 2.45. The minimum atomic E-state index is -0.757. The summed E-state index contributed by atoms with van der Waals surface area (Å²) in [5.74, 6) is 0.318. The van der Waals surface area contributed by atoms with Crippen LogP contribution in [0.4, 0.5) is 0 Å². The molecule has 0 aliphatic carbocycles. The first kappa shape index (κ1) is 23.0. The third kappa shape index (κ3) is 3.96. The molecule has 2 N–H and O–H groups in total. The van der Waals surface area contributed by atoms with Crippen molar-refractivity contribution in [3.8, 4) is 23.0 Å². The number of nitrogens with zero attached hydrogens (tertiary/aromatic N) is 1. The Morgan fingerprint density at radius 1 is 1.22 bits per heavy atom. The Morgan fingerprint density at radius 3 is 2.89 bits per heavy atom. The predicted molar refractivity (Wildman–Crippen MR) is 134 cm³/mol. The second-order valence-electron chi connectivity index (χ2n) is 9.34. The number of rotatable bonds is 5. The van der Waals surface area contributed by atoms with E-state index >= 15 is 0 Å². The number of para-hydroxylation sites is 1. The quantitative estimate of drug-likeness (QED) is 0.424. The molecule has 190 valence electrons. The van der Waals surface area contributed by atoms with Gasteiger partial charge in [0.1, 0.15) is 5.76 Å². The molecule has 0 saturated carbocycles. The fourth-order valence-electron chi connectivity index (χ4n) is 5.28. The second kappa shape index (κ2) is 8.92. The normalized spacial score (nSPS) is 15.0. The Bertz CT molecular complexity index is 1590. The molecule has 0 spiro atoms. The van der Waals surface area contributed by atoms with Gasteiger partial charge < -0.3 is 33.6 Å². The van der Waals surface area contributed by atoms with Gasteiger partial charge in [0.25, 0.3) is 0 Å². The van der Waals surface area contributed by atoms with Crippen LogP contribution in [0.25, 0.3) is 10.9 Å². The number of aromatic amines is 1. The highest BCUT2D eigenvalue weighted by molar-refractivity contribution is 5.86. The molecule has 0 bridgehead atoms. The summed E-state index contributed by atoms with van der Waals surface area (Å²) in [5.41, 5.74) is 3.34. The molecule has 6 rings (SSSR count). The van der Waals surface area contributed by atoms with Gasteiger partial charge in [-0.1, -0.05) is 18.2 Å². The van der Waals surface area contributed by atoms with Gasteiger partial charge >= 0.3 is 0 Å². The van der Waals surface area contributed by atoms with E-state index in [1.807, 2.05) is 18.2 Å². The number of aromatic hydroxyl groups is 1. The first-order valence-electron chi connectivity index (χ1n) is 12.1. The number of aromatic nitrogens is 1. The maximum Gasteiger partial charge on any atom is 0.231 e. The Balaban J connectivity index is 1.37. The number of carbonyl (C=O) groups is 1. The molecule has 2 aromatic carbocycles. The van der Waals surface area contributed by atoms with Crippen LogP contribution in [0.3, 0.4) is 0 Å². The number of ether oxygens (including phenoxy) is 3. The molecule has 4 heterocycles. The van der Waals surface area contributed by atoms with Crippen LogP contribution < -0.4 is 19.6 Å². The predicted octanol–water partition coefficient (Wildman–Crippen LogP) is 3.98. The van der Waals surface area contributed by atoms with Crippen molar-refractivity contribution in [2.24, 2.45) is 0 Å². The fraction of sp³-hybridized carbons (Fsp3) is 0.286. The van der Waals surface area contributed by atoms with Gasteiger partial charge in [-0.3, -0.25) is 9.59 Å². The van der Waals surface area contributed by atoms with Gasteiger partial charge in [-0.05, 0) is 42.7 Å². The topological polar surface area (TPSA) is 114 Å². The summed E-state index contributed by atoms with van der Waals surface area (Å²) < 4.78 is 22.4. The minimum Gasteiger partial charge on any atom is -0.502 e. The van der Waals surface area contributed by atoms with Crippen molar-refractivity contribution in [1.29, 1.82) is 0 Å². The van der Waals surface area contributed by atoms with Crippen molar-refractivity contribution in [2.45, 2.75) is 32.2 Å². The monoisotopic (exact) mass is 502 g/mol. The molecule has 0 fully saturated rings. The van der Waals surface area contributed by atoms with E-state index in [-0.39, 0.29) is 24.9 Å². The fourth-order valence-corrected chi connectivity index (χ4v) is 5.28. The lowest BCUT2D eigenvalue weighted by Gasteiger charge is -2.29. The van der Waals surface area contributed by atoms with Gasteiger partial charge in [0.15, 0.2) is 17.3 Å². The second-order valence-corrected chi connectivity index (χ2v) is 9.34. The van der Waals surface area contributed by atoms with E-state index in [9.17, 15) is 14.7 Å². The minimum absolute atomic E-state index is 0.0295. The molecule has 2 aliphatic heterocycles. The number of amides is 1. The molecule has 37 heavy (non-hydrogen) atoms. The van der Waals surface area contributed by atoms with Crippen molar-refractivity contribution >= 4 is 16.8 Å². The standard InChI is InChI=1S/C28H26N2O7/c1-15-9-22(31)26(33)27(37-15)19(16-10-23(34-2)28-24(11-16)35-14-36-28)12-25(32)30-8-7-18-17-5-3-4-6-20(17)29-21(18)13-30/h3-6,9-11,19,29,33H,7-8,12-14H2,1-2H3. The first-order chi connectivity index (χ1) is 17.9. The summed E-state index contributed by atoms with van der Waals surface area (Å²) in [6.45, 7) is 2.69. The zero-order valence-corrected chi connectivity index (χ0v) is 20.5. The Labute approximate surface area is 212 Å². The van der Waals surface area contributed by atoms with Crippen LogP contribution in [0.1, 0.15) is 40.7 Å². The SMILES string of the molecule is COc1cc(C(CC(=O)N2CCc3c([nH]c4ccccc34)C2)c2oc(C)cc(=O)c2O)cc2c1OCO2. The van der Waals surface area contributed by atoms with Crippen LogP contribution in [0.5, 0.6) is 23.0 Å². The maximum absolute atomic E-state index is 13.7. The zero-order chi connectivity index (χ0) is 25.7. The van der Waals surface area contributed by atoms with E-state index in [1.165, 1.54) is 24.1 Å². The van der Waals surface area contributed by atoms with Crippen LogP contribution in [-0.4, -0.2) is 41.3 Å². The molecule has 0 radical (unpaired) electrons. The summed E-state index contributed by atoms with van der Waals surface area (Å²) in [6, 6.07) is 12.8. The molecule has 4 aromatic rings. The van der Waals surface area contributed by atoms with Crippen molar-refractivity contribution in [3.63, 3.8) is 0 Å². The molecule has 1 amide bonds. The molecule has 2 aliphatic rings. The smallest absolute Gasteiger partial charge is 0.231 e. The van der Waals surface area contributed by atoms with E-state index in [0.717, 1.165) is 17.6 Å². The molecule has 2 aromatic heterocycles. The van der Waals surface area contributed by atoms with Crippen molar-refractivity contribution in [3.05, 3.63) is 81.0 Å². The number of carbonyl (C=O) groups excluding carboxylic acids is 1. The highest BCUT2D eigenvalue weighted by atomic mass is 16.7. The van der Waals surface area contributed by atoms with Gasteiger partial charge in [-0.2, -0.15) is 0 Å². The van der Waals surface area contributed by atoms with Gasteiger partial charge in [-0.25, -0.2) is 0 Å². The zero-order valence-electron chi connectivity index (χ0n) is 20.5. The van der Waals surface area contributed by atoms with Crippen LogP contribution in [0.15, 0.2) is 51.7 Å². The number of benzene rings is 2. The first-order valence-corrected chi connectivity index (χ1v) is 12.1. The van der Waals surface area contributed by atoms with E-state index in [1.54, 1.807) is 24.0 Å². The molecule has 9 heteroatoms. The van der Waals surface area contributed by atoms with Crippen LogP contribution in [0.2, 0.25) is 0 Å². The number of H-pyrrole nitrogens is 1.